The Morgan fingerprint density at radius 3 is 2.47 bits per heavy atom. The minimum absolute atomic E-state index is 0.00291. The summed E-state index contributed by atoms with van der Waals surface area (Å²) in [6, 6.07) is 37.2. The number of rotatable bonds is 9. The molecule has 0 amide bonds. The average Bonchev–Trinajstić information content (AvgIpc) is 1.23. The molecule has 4 heterocycles. The lowest BCUT2D eigenvalue weighted by Crippen LogP contribution is -2.59. The average molecular weight is 1160 g/mol. The number of benzene rings is 5. The van der Waals surface area contributed by atoms with Crippen molar-refractivity contribution in [2.24, 2.45) is 29.6 Å². The largest absolute Gasteiger partial charge is 0.483 e. The lowest BCUT2D eigenvalue weighted by atomic mass is 9.56. The molecule has 6 aromatic rings. The maximum Gasteiger partial charge on any atom is 0.340 e. The zero-order valence-corrected chi connectivity index (χ0v) is 49.6. The number of carbonyl (C=O) groups excluding carboxylic acids is 2. The molecule has 86 heavy (non-hydrogen) atoms. The fraction of sp³-hybridized carbons (Fsp3) is 0.427. The fourth-order valence-electron chi connectivity index (χ4n) is 17.9. The number of carbonyl (C=O) groups is 2. The van der Waals surface area contributed by atoms with E-state index in [9.17, 15) is 20.1 Å². The van der Waals surface area contributed by atoms with Crippen LogP contribution in [0.15, 0.2) is 148 Å². The highest BCUT2D eigenvalue weighted by Crippen LogP contribution is 2.61. The zero-order chi connectivity index (χ0) is 59.0. The maximum atomic E-state index is 15.9. The van der Waals surface area contributed by atoms with Crippen molar-refractivity contribution in [1.82, 2.24) is 0 Å². The van der Waals surface area contributed by atoms with Crippen molar-refractivity contribution in [3.05, 3.63) is 216 Å². The summed E-state index contributed by atoms with van der Waals surface area (Å²) in [7, 11) is 1.52. The molecule has 0 spiro atoms. The molecule has 3 N–H and O–H groups in total. The Morgan fingerprint density at radius 1 is 0.791 bits per heavy atom. The Labute approximate surface area is 503 Å². The molecule has 3 aliphatic heterocycles. The van der Waals surface area contributed by atoms with Gasteiger partial charge in [0.1, 0.15) is 11.3 Å². The number of fused-ring (bicyclic) bond motifs is 14. The third-order valence-corrected chi connectivity index (χ3v) is 22.0. The van der Waals surface area contributed by atoms with Crippen LogP contribution in [0.5, 0.6) is 5.75 Å². The predicted molar refractivity (Wildman–Crippen MR) is 331 cm³/mol. The van der Waals surface area contributed by atoms with E-state index in [2.05, 4.69) is 127 Å². The summed E-state index contributed by atoms with van der Waals surface area (Å²) in [5.74, 6) is -1.52. The van der Waals surface area contributed by atoms with E-state index in [4.69, 9.17) is 23.4 Å². The van der Waals surface area contributed by atoms with Gasteiger partial charge in [0.15, 0.2) is 17.8 Å². The molecule has 13 atom stereocenters. The van der Waals surface area contributed by atoms with Crippen LogP contribution in [0.4, 0.5) is 0 Å². The quantitative estimate of drug-likeness (QED) is 0.0547. The van der Waals surface area contributed by atoms with E-state index in [1.54, 1.807) is 19.1 Å². The van der Waals surface area contributed by atoms with E-state index in [-0.39, 0.29) is 103 Å². The summed E-state index contributed by atoms with van der Waals surface area (Å²) in [5, 5.41) is 32.7. The SMILES string of the molecule is COC[C@@H](CCO)c1c(CO)c2ccc3c(c2oc1=O)[C@H]1OC(=O)C[C@@H]2C[C@@H](c4cccc([C@@]56CCCC[C@@H]5C=Cc5ccccc56)c4)C=C[C@H]2c2ccc4c(c2)CC[C@@H]2[C@H]5C=Cc6ccccc6[C@H]5C[C@@H]2[C@](C)(O3)[C@H]1OC(=O)/C(=C(/C)CO)CC4. The van der Waals surface area contributed by atoms with E-state index >= 15 is 9.59 Å². The first kappa shape index (κ1) is 56.6. The summed E-state index contributed by atoms with van der Waals surface area (Å²) >= 11 is 0. The Bertz CT molecular complexity index is 3840. The Kier molecular flexibility index (Phi) is 15.1. The van der Waals surface area contributed by atoms with Gasteiger partial charge in [0.25, 0.3) is 0 Å². The summed E-state index contributed by atoms with van der Waals surface area (Å²) in [5.41, 5.74) is 10.5. The topological polar surface area (TPSA) is 162 Å². The summed E-state index contributed by atoms with van der Waals surface area (Å²) in [4.78, 5) is 46.2. The highest BCUT2D eigenvalue weighted by Gasteiger charge is 2.62. The number of aliphatic hydroxyl groups excluding tert-OH is 3. The molecular formula is C75H78O11. The van der Waals surface area contributed by atoms with Crippen molar-refractivity contribution in [1.29, 1.82) is 0 Å². The van der Waals surface area contributed by atoms with Gasteiger partial charge in [-0.15, -0.1) is 0 Å². The minimum Gasteiger partial charge on any atom is -0.483 e. The van der Waals surface area contributed by atoms with E-state index in [0.717, 1.165) is 43.2 Å². The monoisotopic (exact) mass is 1150 g/mol. The van der Waals surface area contributed by atoms with Gasteiger partial charge >= 0.3 is 17.6 Å². The van der Waals surface area contributed by atoms with Gasteiger partial charge in [-0.2, -0.15) is 0 Å². The number of allylic oxidation sites excluding steroid dienone is 4. The van der Waals surface area contributed by atoms with E-state index in [1.165, 1.54) is 52.5 Å². The van der Waals surface area contributed by atoms with Crippen LogP contribution < -0.4 is 10.4 Å². The van der Waals surface area contributed by atoms with Crippen LogP contribution in [0.2, 0.25) is 0 Å². The first-order chi connectivity index (χ1) is 41.9. The lowest BCUT2D eigenvalue weighted by molar-refractivity contribution is -0.202. The molecule has 1 aromatic heterocycles. The van der Waals surface area contributed by atoms with Crippen molar-refractivity contribution in [2.75, 3.05) is 26.9 Å². The van der Waals surface area contributed by atoms with Crippen LogP contribution in [0.3, 0.4) is 0 Å². The van der Waals surface area contributed by atoms with Crippen molar-refractivity contribution in [3.8, 4) is 5.75 Å². The summed E-state index contributed by atoms with van der Waals surface area (Å²) in [6.07, 6.45) is 19.9. The normalized spacial score (nSPS) is 30.6. The maximum absolute atomic E-state index is 15.9. The Hall–Kier alpha value is -7.15. The van der Waals surface area contributed by atoms with Crippen LogP contribution in [-0.4, -0.2) is 65.9 Å². The molecule has 0 saturated heterocycles. The summed E-state index contributed by atoms with van der Waals surface area (Å²) in [6.45, 7) is 2.70. The highest BCUT2D eigenvalue weighted by atomic mass is 16.6. The third kappa shape index (κ3) is 9.40. The molecule has 444 valence electrons. The van der Waals surface area contributed by atoms with Crippen molar-refractivity contribution in [2.45, 2.75) is 144 Å². The molecule has 5 bridgehead atoms. The van der Waals surface area contributed by atoms with Gasteiger partial charge in [-0.3, -0.25) is 4.79 Å². The molecule has 5 aliphatic carbocycles. The number of ether oxygens (including phenoxy) is 4. The van der Waals surface area contributed by atoms with Gasteiger partial charge in [-0.05, 0) is 175 Å². The van der Waals surface area contributed by atoms with Gasteiger partial charge in [0, 0.05) is 65.7 Å². The number of methoxy groups -OCH3 is 1. The summed E-state index contributed by atoms with van der Waals surface area (Å²) < 4.78 is 33.9. The molecule has 2 fully saturated rings. The van der Waals surface area contributed by atoms with Crippen LogP contribution in [-0.2, 0) is 48.7 Å². The van der Waals surface area contributed by atoms with E-state index in [0.29, 0.717) is 53.0 Å². The molecule has 5 aromatic carbocycles. The zero-order valence-electron chi connectivity index (χ0n) is 49.6. The van der Waals surface area contributed by atoms with Gasteiger partial charge in [0.2, 0.25) is 0 Å². The van der Waals surface area contributed by atoms with Crippen LogP contribution in [0.25, 0.3) is 23.1 Å². The second-order valence-corrected chi connectivity index (χ2v) is 26.3. The fourth-order valence-corrected chi connectivity index (χ4v) is 17.9. The number of aliphatic hydroxyl groups is 3. The lowest BCUT2D eigenvalue weighted by Gasteiger charge is -2.50. The first-order valence-electron chi connectivity index (χ1n) is 31.6. The highest BCUT2D eigenvalue weighted by molar-refractivity contribution is 5.91. The molecular weight excluding hydrogens is 1080 g/mol. The molecule has 11 nitrogen and oxygen atoms in total. The standard InChI is InChI=1S/C75H78O11/c1-43(40-77)55-26-21-44-18-19-50-35-48(44)24-29-59-58-28-22-45-11-4-6-16-57(45)61(58)39-64(59)74(2)71(85-72(55)80)70(68-65(86-74)31-30-60-62(41-78)67(73(81)84-69(60)68)51(32-34-76)42-82-3)83-66(79)38-52-36-49(23-27-56(50)52)47-13-10-15-54(37-47)75-33-9-8-14-53(75)25-20-46-12-5-7-17-63(46)75/h4-7,10-13,15-20,22-23,25,27-28,30-31,35,37,49,51-53,56,58-59,61,64,70-71,76-78H,8-9,14,21,24,26,29,32-34,36,38-42H2,1-3H3/b55-43-/t49-,51+,52-,53+,56-,58+,59+,61+,64-,70+,71-,74-,75+/m0/s1. The van der Waals surface area contributed by atoms with Crippen LogP contribution in [0.1, 0.15) is 175 Å². The predicted octanol–water partition coefficient (Wildman–Crippen LogP) is 13.3. The Balaban J connectivity index is 0.955. The van der Waals surface area contributed by atoms with Gasteiger partial charge in [0.05, 0.1) is 25.4 Å². The minimum atomic E-state index is -1.37. The van der Waals surface area contributed by atoms with Crippen molar-refractivity contribution < 1.29 is 48.3 Å². The molecule has 11 heteroatoms. The molecule has 14 rings (SSSR count). The van der Waals surface area contributed by atoms with Crippen molar-refractivity contribution in [3.63, 3.8) is 0 Å². The number of hydrogen-bond acceptors (Lipinski definition) is 11. The van der Waals surface area contributed by atoms with Gasteiger partial charge in [-0.1, -0.05) is 140 Å². The van der Waals surface area contributed by atoms with Crippen LogP contribution >= 0.6 is 0 Å². The number of aryl methyl sites for hydroxylation is 2. The van der Waals surface area contributed by atoms with E-state index in [1.807, 2.05) is 6.92 Å². The van der Waals surface area contributed by atoms with Gasteiger partial charge in [-0.25, -0.2) is 9.59 Å². The molecule has 0 radical (unpaired) electrons. The first-order valence-corrected chi connectivity index (χ1v) is 31.6. The van der Waals surface area contributed by atoms with E-state index < -0.39 is 47.9 Å². The van der Waals surface area contributed by atoms with Crippen molar-refractivity contribution >= 4 is 35.1 Å². The number of hydrogen-bond donors (Lipinski definition) is 3. The van der Waals surface area contributed by atoms with Gasteiger partial charge < -0.3 is 38.7 Å². The number of esters is 2. The second kappa shape index (κ2) is 22.9. The Morgan fingerprint density at radius 2 is 1.63 bits per heavy atom. The third-order valence-electron chi connectivity index (χ3n) is 22.0. The molecule has 2 saturated carbocycles. The second-order valence-electron chi connectivity index (χ2n) is 26.3. The van der Waals surface area contributed by atoms with Crippen LogP contribution in [0, 0.1) is 29.6 Å². The molecule has 0 unspecified atom stereocenters. The molecule has 8 aliphatic rings. The smallest absolute Gasteiger partial charge is 0.340 e.